The molecule has 0 saturated carbocycles. The molecule has 0 spiro atoms. The van der Waals surface area contributed by atoms with Gasteiger partial charge < -0.3 is 20.1 Å². The number of amides is 4. The number of imide groups is 1. The van der Waals surface area contributed by atoms with Crippen LogP contribution < -0.4 is 20.1 Å². The van der Waals surface area contributed by atoms with E-state index in [1.807, 2.05) is 42.6 Å². The molecular weight excluding hydrogens is 456 g/mol. The Balaban J connectivity index is 1.26. The maximum absolute atomic E-state index is 13.0. The fourth-order valence-electron chi connectivity index (χ4n) is 3.89. The number of carbonyl (C=O) groups excluding carboxylic acids is 3. The van der Waals surface area contributed by atoms with Crippen LogP contribution in [0.15, 0.2) is 47.8 Å². The monoisotopic (exact) mass is 478 g/mol. The van der Waals surface area contributed by atoms with E-state index in [0.717, 1.165) is 16.0 Å². The second kappa shape index (κ2) is 8.45. The fraction of sp³-hybridized carbons (Fsp3) is 0.250. The summed E-state index contributed by atoms with van der Waals surface area (Å²) < 4.78 is 11.1. The Kier molecular flexibility index (Phi) is 5.45. The van der Waals surface area contributed by atoms with E-state index < -0.39 is 29.9 Å². The largest absolute Gasteiger partial charge is 0.486 e. The number of hydrogen-bond donors (Lipinski definition) is 2. The maximum atomic E-state index is 13.0. The van der Waals surface area contributed by atoms with E-state index in [1.54, 1.807) is 19.1 Å². The number of carbonyl (C=O) groups is 3. The highest BCUT2D eigenvalue weighted by molar-refractivity contribution is 7.14. The average Bonchev–Trinajstić information content (AvgIpc) is 3.38. The molecule has 2 aliphatic rings. The minimum atomic E-state index is -1.22. The third kappa shape index (κ3) is 3.96. The standard InChI is InChI=1S/C24H22N4O5S/c1-14-3-6-16(7-4-14)24(2)21(30)28(23(31)27-24)12-20(29)26-22-25-17(13-34-22)15-5-8-18-19(11-15)33-10-9-32-18/h3-8,11,13H,9-10,12H2,1-2H3,(H,27,31)(H,25,26,29). The molecule has 174 valence electrons. The van der Waals surface area contributed by atoms with Gasteiger partial charge in [-0.3, -0.25) is 14.5 Å². The van der Waals surface area contributed by atoms with Crippen molar-refractivity contribution in [2.24, 2.45) is 0 Å². The van der Waals surface area contributed by atoms with Crippen molar-refractivity contribution in [1.82, 2.24) is 15.2 Å². The highest BCUT2D eigenvalue weighted by Crippen LogP contribution is 2.35. The van der Waals surface area contributed by atoms with E-state index >= 15 is 0 Å². The van der Waals surface area contributed by atoms with E-state index in [1.165, 1.54) is 11.3 Å². The van der Waals surface area contributed by atoms with Crippen LogP contribution in [0.3, 0.4) is 0 Å². The Morgan fingerprint density at radius 2 is 1.88 bits per heavy atom. The minimum Gasteiger partial charge on any atom is -0.486 e. The molecule has 4 amide bonds. The second-order valence-electron chi connectivity index (χ2n) is 8.26. The van der Waals surface area contributed by atoms with Crippen molar-refractivity contribution in [3.05, 3.63) is 59.0 Å². The number of benzene rings is 2. The van der Waals surface area contributed by atoms with Crippen molar-refractivity contribution >= 4 is 34.3 Å². The number of rotatable bonds is 5. The minimum absolute atomic E-state index is 0.364. The Labute approximate surface area is 199 Å². The van der Waals surface area contributed by atoms with E-state index in [9.17, 15) is 14.4 Å². The highest BCUT2D eigenvalue weighted by atomic mass is 32.1. The number of ether oxygens (including phenoxy) is 2. The van der Waals surface area contributed by atoms with Crippen LogP contribution in [0.2, 0.25) is 0 Å². The lowest BCUT2D eigenvalue weighted by molar-refractivity contribution is -0.133. The summed E-state index contributed by atoms with van der Waals surface area (Å²) in [5, 5.41) is 7.56. The zero-order valence-electron chi connectivity index (χ0n) is 18.6. The van der Waals surface area contributed by atoms with Crippen LogP contribution in [-0.4, -0.2) is 47.5 Å². The van der Waals surface area contributed by atoms with Crippen LogP contribution in [0, 0.1) is 6.92 Å². The summed E-state index contributed by atoms with van der Waals surface area (Å²) in [5.41, 5.74) is 1.96. The SMILES string of the molecule is Cc1ccc(C2(C)NC(=O)N(CC(=O)Nc3nc(-c4ccc5c(c4)OCCO5)cs3)C2=O)cc1. The van der Waals surface area contributed by atoms with Crippen LogP contribution in [0.1, 0.15) is 18.1 Å². The lowest BCUT2D eigenvalue weighted by Crippen LogP contribution is -2.42. The molecule has 2 N–H and O–H groups in total. The molecule has 9 nitrogen and oxygen atoms in total. The molecular formula is C24H22N4O5S. The van der Waals surface area contributed by atoms with Crippen LogP contribution in [0.5, 0.6) is 11.5 Å². The summed E-state index contributed by atoms with van der Waals surface area (Å²) in [7, 11) is 0. The number of aryl methyl sites for hydroxylation is 1. The average molecular weight is 479 g/mol. The molecule has 2 aromatic carbocycles. The van der Waals surface area contributed by atoms with Gasteiger partial charge in [0.15, 0.2) is 16.6 Å². The van der Waals surface area contributed by atoms with E-state index in [2.05, 4.69) is 15.6 Å². The molecule has 0 aliphatic carbocycles. The predicted octanol–water partition coefficient (Wildman–Crippen LogP) is 3.30. The summed E-state index contributed by atoms with van der Waals surface area (Å²) in [6.07, 6.45) is 0. The Bertz CT molecular complexity index is 1290. The van der Waals surface area contributed by atoms with Crippen molar-refractivity contribution in [3.8, 4) is 22.8 Å². The number of hydrogen-bond acceptors (Lipinski definition) is 7. The zero-order valence-corrected chi connectivity index (χ0v) is 19.4. The first-order valence-electron chi connectivity index (χ1n) is 10.7. The van der Waals surface area contributed by atoms with Gasteiger partial charge in [0.1, 0.15) is 25.3 Å². The van der Waals surface area contributed by atoms with E-state index in [0.29, 0.717) is 41.1 Å². The molecule has 10 heteroatoms. The first kappa shape index (κ1) is 21.9. The van der Waals surface area contributed by atoms with Gasteiger partial charge in [0.25, 0.3) is 5.91 Å². The molecule has 3 aromatic rings. The second-order valence-corrected chi connectivity index (χ2v) is 9.12. The summed E-state index contributed by atoms with van der Waals surface area (Å²) in [6.45, 7) is 4.17. The van der Waals surface area contributed by atoms with Gasteiger partial charge >= 0.3 is 6.03 Å². The summed E-state index contributed by atoms with van der Waals surface area (Å²) in [6, 6.07) is 12.3. The zero-order chi connectivity index (χ0) is 23.9. The van der Waals surface area contributed by atoms with E-state index in [4.69, 9.17) is 9.47 Å². The topological polar surface area (TPSA) is 110 Å². The number of thiazole rings is 1. The number of nitrogens with zero attached hydrogens (tertiary/aromatic N) is 2. The van der Waals surface area contributed by atoms with Gasteiger partial charge in [-0.25, -0.2) is 9.78 Å². The van der Waals surface area contributed by atoms with Crippen LogP contribution in [0.25, 0.3) is 11.3 Å². The lowest BCUT2D eigenvalue weighted by atomic mass is 9.91. The number of aromatic nitrogens is 1. The van der Waals surface area contributed by atoms with Gasteiger partial charge in [-0.15, -0.1) is 11.3 Å². The molecule has 1 fully saturated rings. The lowest BCUT2D eigenvalue weighted by Gasteiger charge is -2.22. The summed E-state index contributed by atoms with van der Waals surface area (Å²) >= 11 is 1.25. The molecule has 0 bridgehead atoms. The number of nitrogens with one attached hydrogen (secondary N) is 2. The third-order valence-electron chi connectivity index (χ3n) is 5.79. The molecule has 1 saturated heterocycles. The molecule has 0 radical (unpaired) electrons. The van der Waals surface area contributed by atoms with Crippen molar-refractivity contribution in [3.63, 3.8) is 0 Å². The highest BCUT2D eigenvalue weighted by Gasteiger charge is 2.49. The summed E-state index contributed by atoms with van der Waals surface area (Å²) in [5.74, 6) is 0.342. The van der Waals surface area contributed by atoms with Crippen molar-refractivity contribution in [2.75, 3.05) is 25.1 Å². The number of anilines is 1. The van der Waals surface area contributed by atoms with E-state index in [-0.39, 0.29) is 0 Å². The maximum Gasteiger partial charge on any atom is 0.325 e. The van der Waals surface area contributed by atoms with Crippen LogP contribution >= 0.6 is 11.3 Å². The Morgan fingerprint density at radius 1 is 1.15 bits per heavy atom. The molecule has 34 heavy (non-hydrogen) atoms. The van der Waals surface area contributed by atoms with Crippen molar-refractivity contribution < 1.29 is 23.9 Å². The van der Waals surface area contributed by atoms with Crippen LogP contribution in [0.4, 0.5) is 9.93 Å². The van der Waals surface area contributed by atoms with Gasteiger partial charge in [0.05, 0.1) is 5.69 Å². The van der Waals surface area contributed by atoms with Crippen molar-refractivity contribution in [1.29, 1.82) is 0 Å². The fourth-order valence-corrected chi connectivity index (χ4v) is 4.63. The Hall–Kier alpha value is -3.92. The number of fused-ring (bicyclic) bond motifs is 1. The quantitative estimate of drug-likeness (QED) is 0.545. The van der Waals surface area contributed by atoms with Gasteiger partial charge in [0, 0.05) is 10.9 Å². The first-order chi connectivity index (χ1) is 16.3. The molecule has 2 aliphatic heterocycles. The van der Waals surface area contributed by atoms with Gasteiger partial charge in [-0.05, 0) is 37.6 Å². The Morgan fingerprint density at radius 3 is 2.65 bits per heavy atom. The molecule has 1 unspecified atom stereocenters. The number of urea groups is 1. The molecule has 3 heterocycles. The molecule has 1 aromatic heterocycles. The van der Waals surface area contributed by atoms with Gasteiger partial charge in [-0.1, -0.05) is 29.8 Å². The van der Waals surface area contributed by atoms with Gasteiger partial charge in [-0.2, -0.15) is 0 Å². The molecule has 1 atom stereocenters. The predicted molar refractivity (Wildman–Crippen MR) is 126 cm³/mol. The smallest absolute Gasteiger partial charge is 0.325 e. The first-order valence-corrected chi connectivity index (χ1v) is 11.6. The van der Waals surface area contributed by atoms with Crippen LogP contribution in [-0.2, 0) is 15.1 Å². The van der Waals surface area contributed by atoms with Crippen molar-refractivity contribution in [2.45, 2.75) is 19.4 Å². The third-order valence-corrected chi connectivity index (χ3v) is 6.55. The summed E-state index contributed by atoms with van der Waals surface area (Å²) in [4.78, 5) is 43.6. The normalized spacial score (nSPS) is 19.2. The molecule has 5 rings (SSSR count). The van der Waals surface area contributed by atoms with Gasteiger partial charge in [0.2, 0.25) is 5.91 Å².